The third kappa shape index (κ3) is 2.62. The Balaban J connectivity index is 2.39. The lowest BCUT2D eigenvalue weighted by Gasteiger charge is -2.08. The number of nitrogens with one attached hydrogen (secondary N) is 1. The fraction of sp³-hybridized carbons (Fsp3) is 0.154. The first-order valence-electron chi connectivity index (χ1n) is 5.48. The third-order valence-corrected chi connectivity index (χ3v) is 2.51. The molecule has 98 valence electrons. The second-order valence-corrected chi connectivity index (χ2v) is 3.67. The van der Waals surface area contributed by atoms with Crippen molar-refractivity contribution >= 4 is 28.6 Å². The number of fused-ring (bicyclic) bond motifs is 1. The molecule has 19 heavy (non-hydrogen) atoms. The lowest BCUT2D eigenvalue weighted by atomic mass is 10.2. The molecule has 0 atom stereocenters. The van der Waals surface area contributed by atoms with Gasteiger partial charge in [-0.15, -0.1) is 0 Å². The molecule has 1 aromatic heterocycles. The number of amides is 1. The molecule has 2 aromatic rings. The topological polar surface area (TPSA) is 77.5 Å². The fourth-order valence-corrected chi connectivity index (χ4v) is 1.64. The first-order chi connectivity index (χ1) is 9.15. The Hall–Kier alpha value is -2.63. The molecule has 0 aliphatic rings. The number of anilines is 1. The SMILES string of the molecule is COC(=O)C(=O)Nc1cc(OC)c2ccccc2n1. The van der Waals surface area contributed by atoms with Crippen molar-refractivity contribution in [1.82, 2.24) is 4.98 Å². The molecule has 0 bridgehead atoms. The van der Waals surface area contributed by atoms with Gasteiger partial charge < -0.3 is 14.8 Å². The molecular weight excluding hydrogens is 248 g/mol. The summed E-state index contributed by atoms with van der Waals surface area (Å²) < 4.78 is 9.55. The van der Waals surface area contributed by atoms with Crippen molar-refractivity contribution in [3.8, 4) is 5.75 Å². The number of hydrogen-bond acceptors (Lipinski definition) is 5. The number of nitrogens with zero attached hydrogens (tertiary/aromatic N) is 1. The molecule has 0 saturated heterocycles. The zero-order chi connectivity index (χ0) is 13.8. The first-order valence-corrected chi connectivity index (χ1v) is 5.48. The number of hydrogen-bond donors (Lipinski definition) is 1. The number of benzene rings is 1. The van der Waals surface area contributed by atoms with Gasteiger partial charge in [-0.3, -0.25) is 4.79 Å². The van der Waals surface area contributed by atoms with Crippen LogP contribution in [0.25, 0.3) is 10.9 Å². The van der Waals surface area contributed by atoms with Gasteiger partial charge in [0.05, 0.1) is 19.7 Å². The van der Waals surface area contributed by atoms with E-state index >= 15 is 0 Å². The lowest BCUT2D eigenvalue weighted by Crippen LogP contribution is -2.24. The molecule has 0 spiro atoms. The molecule has 6 heteroatoms. The van der Waals surface area contributed by atoms with Gasteiger partial charge in [-0.25, -0.2) is 9.78 Å². The Morgan fingerprint density at radius 1 is 1.21 bits per heavy atom. The molecule has 1 N–H and O–H groups in total. The number of carbonyl (C=O) groups excluding carboxylic acids is 2. The Morgan fingerprint density at radius 3 is 2.63 bits per heavy atom. The van der Waals surface area contributed by atoms with Crippen molar-refractivity contribution in [3.05, 3.63) is 30.3 Å². The number of para-hydroxylation sites is 1. The molecule has 2 rings (SSSR count). The summed E-state index contributed by atoms with van der Waals surface area (Å²) in [6.07, 6.45) is 0. The standard InChI is InChI=1S/C13H12N2O4/c1-18-10-7-11(15-12(16)13(17)19-2)14-9-6-4-3-5-8(9)10/h3-7H,1-2H3,(H,14,15,16). The number of ether oxygens (including phenoxy) is 2. The van der Waals surface area contributed by atoms with E-state index in [1.807, 2.05) is 18.2 Å². The summed E-state index contributed by atoms with van der Waals surface area (Å²) in [6, 6.07) is 8.86. The van der Waals surface area contributed by atoms with E-state index in [0.717, 1.165) is 12.5 Å². The maximum atomic E-state index is 11.4. The normalized spacial score (nSPS) is 10.0. The maximum Gasteiger partial charge on any atom is 0.396 e. The molecule has 0 radical (unpaired) electrons. The average molecular weight is 260 g/mol. The molecule has 6 nitrogen and oxygen atoms in total. The van der Waals surface area contributed by atoms with Crippen molar-refractivity contribution in [3.63, 3.8) is 0 Å². The van der Waals surface area contributed by atoms with E-state index in [4.69, 9.17) is 4.74 Å². The summed E-state index contributed by atoms with van der Waals surface area (Å²) in [5.41, 5.74) is 0.655. The molecule has 1 amide bonds. The minimum atomic E-state index is -0.978. The Kier molecular flexibility index (Phi) is 3.61. The molecular formula is C13H12N2O4. The number of carbonyl (C=O) groups is 2. The van der Waals surface area contributed by atoms with E-state index in [1.165, 1.54) is 7.11 Å². The highest BCUT2D eigenvalue weighted by Crippen LogP contribution is 2.26. The summed E-state index contributed by atoms with van der Waals surface area (Å²) >= 11 is 0. The van der Waals surface area contributed by atoms with E-state index in [9.17, 15) is 9.59 Å². The van der Waals surface area contributed by atoms with Crippen molar-refractivity contribution in [2.45, 2.75) is 0 Å². The van der Waals surface area contributed by atoms with E-state index in [2.05, 4.69) is 15.0 Å². The average Bonchev–Trinajstić information content (AvgIpc) is 2.45. The van der Waals surface area contributed by atoms with Gasteiger partial charge in [-0.2, -0.15) is 0 Å². The van der Waals surface area contributed by atoms with Crippen LogP contribution in [0.3, 0.4) is 0 Å². The van der Waals surface area contributed by atoms with Gasteiger partial charge in [0.2, 0.25) is 0 Å². The monoisotopic (exact) mass is 260 g/mol. The maximum absolute atomic E-state index is 11.4. The minimum absolute atomic E-state index is 0.228. The zero-order valence-electron chi connectivity index (χ0n) is 10.5. The van der Waals surface area contributed by atoms with Gasteiger partial charge in [-0.05, 0) is 12.1 Å². The zero-order valence-corrected chi connectivity index (χ0v) is 10.5. The predicted octanol–water partition coefficient (Wildman–Crippen LogP) is 1.35. The van der Waals surface area contributed by atoms with E-state index < -0.39 is 11.9 Å². The van der Waals surface area contributed by atoms with Gasteiger partial charge in [0.15, 0.2) is 0 Å². The fourth-order valence-electron chi connectivity index (χ4n) is 1.64. The van der Waals surface area contributed by atoms with Crippen molar-refractivity contribution < 1.29 is 19.1 Å². The summed E-state index contributed by atoms with van der Waals surface area (Å²) in [7, 11) is 2.66. The van der Waals surface area contributed by atoms with Gasteiger partial charge in [-0.1, -0.05) is 12.1 Å². The molecule has 0 fully saturated rings. The number of esters is 1. The van der Waals surface area contributed by atoms with E-state index in [-0.39, 0.29) is 5.82 Å². The van der Waals surface area contributed by atoms with E-state index in [1.54, 1.807) is 12.1 Å². The van der Waals surface area contributed by atoms with Gasteiger partial charge in [0, 0.05) is 11.5 Å². The van der Waals surface area contributed by atoms with Gasteiger partial charge in [0.25, 0.3) is 0 Å². The van der Waals surface area contributed by atoms with Crippen LogP contribution >= 0.6 is 0 Å². The molecule has 1 aromatic carbocycles. The lowest BCUT2D eigenvalue weighted by molar-refractivity contribution is -0.150. The third-order valence-electron chi connectivity index (χ3n) is 2.51. The largest absolute Gasteiger partial charge is 0.496 e. The second kappa shape index (κ2) is 5.34. The highest BCUT2D eigenvalue weighted by atomic mass is 16.5. The van der Waals surface area contributed by atoms with Crippen molar-refractivity contribution in [2.24, 2.45) is 0 Å². The van der Waals surface area contributed by atoms with Crippen LogP contribution in [0.5, 0.6) is 5.75 Å². The predicted molar refractivity (Wildman–Crippen MR) is 68.9 cm³/mol. The molecule has 0 saturated carbocycles. The van der Waals surface area contributed by atoms with Crippen LogP contribution in [-0.2, 0) is 14.3 Å². The van der Waals surface area contributed by atoms with Gasteiger partial charge >= 0.3 is 11.9 Å². The number of rotatable bonds is 2. The van der Waals surface area contributed by atoms with Gasteiger partial charge in [0.1, 0.15) is 11.6 Å². The van der Waals surface area contributed by atoms with Crippen molar-refractivity contribution in [2.75, 3.05) is 19.5 Å². The van der Waals surface area contributed by atoms with E-state index in [0.29, 0.717) is 11.3 Å². The highest BCUT2D eigenvalue weighted by Gasteiger charge is 2.15. The summed E-state index contributed by atoms with van der Waals surface area (Å²) in [6.45, 7) is 0. The molecule has 0 aliphatic carbocycles. The van der Waals surface area contributed by atoms with Crippen LogP contribution in [0.2, 0.25) is 0 Å². The number of pyridine rings is 1. The number of aromatic nitrogens is 1. The van der Waals surface area contributed by atoms with Crippen LogP contribution in [0.4, 0.5) is 5.82 Å². The van der Waals surface area contributed by atoms with Crippen LogP contribution in [-0.4, -0.2) is 31.1 Å². The summed E-state index contributed by atoms with van der Waals surface area (Å²) in [4.78, 5) is 26.7. The minimum Gasteiger partial charge on any atom is -0.496 e. The number of methoxy groups -OCH3 is 2. The van der Waals surface area contributed by atoms with Crippen LogP contribution in [0.1, 0.15) is 0 Å². The van der Waals surface area contributed by atoms with Crippen LogP contribution in [0.15, 0.2) is 30.3 Å². The second-order valence-electron chi connectivity index (χ2n) is 3.67. The molecule has 0 unspecified atom stereocenters. The smallest absolute Gasteiger partial charge is 0.396 e. The Bertz CT molecular complexity index is 640. The highest BCUT2D eigenvalue weighted by molar-refractivity contribution is 6.37. The van der Waals surface area contributed by atoms with Crippen LogP contribution in [0, 0.1) is 0 Å². The quantitative estimate of drug-likeness (QED) is 0.651. The molecule has 0 aliphatic heterocycles. The van der Waals surface area contributed by atoms with Crippen molar-refractivity contribution in [1.29, 1.82) is 0 Å². The summed E-state index contributed by atoms with van der Waals surface area (Å²) in [5.74, 6) is -1.07. The van der Waals surface area contributed by atoms with Crippen LogP contribution < -0.4 is 10.1 Å². The molecule has 1 heterocycles. The Morgan fingerprint density at radius 2 is 1.95 bits per heavy atom. The summed E-state index contributed by atoms with van der Waals surface area (Å²) in [5, 5.41) is 3.18. The first kappa shape index (κ1) is 12.8. The Labute approximate surface area is 109 Å².